The molecule has 6 heteroatoms. The number of carbonyl (C=O) groups is 1. The lowest BCUT2D eigenvalue weighted by atomic mass is 10.4. The topological polar surface area (TPSA) is 91.8 Å². The van der Waals surface area contributed by atoms with E-state index in [2.05, 4.69) is 9.97 Å². The number of aromatic carboxylic acids is 1. The van der Waals surface area contributed by atoms with Gasteiger partial charge in [-0.25, -0.2) is 14.8 Å². The first-order chi connectivity index (χ1) is 7.72. The number of nitrogens with zero attached hydrogens (tertiary/aromatic N) is 4. The summed E-state index contributed by atoms with van der Waals surface area (Å²) in [4.78, 5) is 18.2. The average molecular weight is 214 g/mol. The predicted molar refractivity (Wildman–Crippen MR) is 53.0 cm³/mol. The zero-order chi connectivity index (χ0) is 11.5. The highest BCUT2D eigenvalue weighted by atomic mass is 16.4. The lowest BCUT2D eigenvalue weighted by Crippen LogP contribution is -2.04. The van der Waals surface area contributed by atoms with E-state index in [-0.39, 0.29) is 5.69 Å². The van der Waals surface area contributed by atoms with Gasteiger partial charge in [0.15, 0.2) is 11.5 Å². The van der Waals surface area contributed by atoms with E-state index >= 15 is 0 Å². The average Bonchev–Trinajstić information content (AvgIpc) is 2.77. The molecular weight excluding hydrogens is 208 g/mol. The van der Waals surface area contributed by atoms with Gasteiger partial charge in [0, 0.05) is 6.20 Å². The summed E-state index contributed by atoms with van der Waals surface area (Å²) >= 11 is 0. The van der Waals surface area contributed by atoms with Crippen LogP contribution in [0, 0.1) is 11.3 Å². The predicted octanol–water partition coefficient (Wildman–Crippen LogP) is 0.837. The van der Waals surface area contributed by atoms with Crippen LogP contribution in [-0.4, -0.2) is 25.6 Å². The van der Waals surface area contributed by atoms with Crippen molar-refractivity contribution in [2.75, 3.05) is 0 Å². The molecular formula is C10H6N4O2. The smallest absolute Gasteiger partial charge is 0.356 e. The fraction of sp³-hybridized carbons (Fsp3) is 0. The van der Waals surface area contributed by atoms with Crippen LogP contribution >= 0.6 is 0 Å². The lowest BCUT2D eigenvalue weighted by Gasteiger charge is -2.02. The van der Waals surface area contributed by atoms with Crippen LogP contribution in [-0.2, 0) is 0 Å². The summed E-state index contributed by atoms with van der Waals surface area (Å²) in [5.41, 5.74) is 0.284. The maximum Gasteiger partial charge on any atom is 0.356 e. The maximum atomic E-state index is 10.6. The molecule has 6 nitrogen and oxygen atoms in total. The van der Waals surface area contributed by atoms with Crippen molar-refractivity contribution in [3.63, 3.8) is 0 Å². The second-order valence-corrected chi connectivity index (χ2v) is 2.94. The summed E-state index contributed by atoms with van der Waals surface area (Å²) in [7, 11) is 0. The van der Waals surface area contributed by atoms with Crippen molar-refractivity contribution in [1.82, 2.24) is 14.5 Å². The summed E-state index contributed by atoms with van der Waals surface area (Å²) in [5, 5.41) is 17.4. The van der Waals surface area contributed by atoms with Gasteiger partial charge in [0.1, 0.15) is 11.8 Å². The Morgan fingerprint density at radius 3 is 2.81 bits per heavy atom. The molecule has 78 valence electrons. The van der Waals surface area contributed by atoms with Crippen molar-refractivity contribution in [2.45, 2.75) is 0 Å². The molecule has 0 aliphatic heterocycles. The van der Waals surface area contributed by atoms with E-state index in [9.17, 15) is 4.79 Å². The van der Waals surface area contributed by atoms with Crippen LogP contribution in [0.3, 0.4) is 0 Å². The largest absolute Gasteiger partial charge is 0.476 e. The van der Waals surface area contributed by atoms with Crippen molar-refractivity contribution in [3.8, 4) is 11.9 Å². The summed E-state index contributed by atoms with van der Waals surface area (Å²) in [5.74, 6) is -0.724. The first-order valence-electron chi connectivity index (χ1n) is 4.35. The van der Waals surface area contributed by atoms with Crippen molar-refractivity contribution >= 4 is 5.97 Å². The molecule has 0 saturated carbocycles. The number of hydrogen-bond acceptors (Lipinski definition) is 4. The fourth-order valence-electron chi connectivity index (χ4n) is 1.23. The standard InChI is InChI=1S/C10H6N4O2/c11-4-7-2-1-3-14(7)9-6-12-8(5-13-9)10(15)16/h1-3,5-6H,(H,15,16). The highest BCUT2D eigenvalue weighted by Gasteiger charge is 2.07. The Morgan fingerprint density at radius 1 is 1.44 bits per heavy atom. The molecule has 2 aromatic rings. The van der Waals surface area contributed by atoms with Gasteiger partial charge in [-0.3, -0.25) is 4.57 Å². The third-order valence-corrected chi connectivity index (χ3v) is 1.97. The van der Waals surface area contributed by atoms with Gasteiger partial charge < -0.3 is 5.11 Å². The third kappa shape index (κ3) is 1.62. The van der Waals surface area contributed by atoms with Crippen molar-refractivity contribution in [2.24, 2.45) is 0 Å². The Balaban J connectivity index is 2.43. The molecule has 2 rings (SSSR count). The molecule has 2 heterocycles. The number of carboxylic acid groups (broad SMARTS) is 1. The monoisotopic (exact) mass is 214 g/mol. The fourth-order valence-corrected chi connectivity index (χ4v) is 1.23. The molecule has 0 bridgehead atoms. The molecule has 16 heavy (non-hydrogen) atoms. The van der Waals surface area contributed by atoms with Gasteiger partial charge >= 0.3 is 5.97 Å². The molecule has 0 amide bonds. The van der Waals surface area contributed by atoms with Crippen molar-refractivity contribution in [1.29, 1.82) is 5.26 Å². The Bertz CT molecular complexity index is 565. The van der Waals surface area contributed by atoms with Gasteiger partial charge in [0.05, 0.1) is 12.4 Å². The molecule has 0 saturated heterocycles. The molecule has 0 unspecified atom stereocenters. The number of rotatable bonds is 2. The summed E-state index contributed by atoms with van der Waals surface area (Å²) in [6.07, 6.45) is 4.12. The number of nitriles is 1. The van der Waals surface area contributed by atoms with E-state index in [0.717, 1.165) is 6.20 Å². The van der Waals surface area contributed by atoms with E-state index in [1.165, 1.54) is 10.8 Å². The van der Waals surface area contributed by atoms with Crippen LogP contribution in [0.1, 0.15) is 16.2 Å². The van der Waals surface area contributed by atoms with Gasteiger partial charge in [0.2, 0.25) is 0 Å². The van der Waals surface area contributed by atoms with E-state index in [1.807, 2.05) is 6.07 Å². The Labute approximate surface area is 90.4 Å². The Hall–Kier alpha value is -2.68. The second-order valence-electron chi connectivity index (χ2n) is 2.94. The van der Waals surface area contributed by atoms with Gasteiger partial charge in [-0.05, 0) is 12.1 Å². The molecule has 0 aliphatic carbocycles. The number of aromatic nitrogens is 3. The van der Waals surface area contributed by atoms with Crippen LogP contribution in [0.15, 0.2) is 30.7 Å². The van der Waals surface area contributed by atoms with Crippen molar-refractivity contribution in [3.05, 3.63) is 42.1 Å². The van der Waals surface area contributed by atoms with Crippen LogP contribution in [0.4, 0.5) is 0 Å². The maximum absolute atomic E-state index is 10.6. The summed E-state index contributed by atoms with van der Waals surface area (Å²) in [6.45, 7) is 0. The van der Waals surface area contributed by atoms with E-state index in [0.29, 0.717) is 11.5 Å². The van der Waals surface area contributed by atoms with Gasteiger partial charge in [-0.15, -0.1) is 0 Å². The quantitative estimate of drug-likeness (QED) is 0.799. The minimum absolute atomic E-state index is 0.130. The highest BCUT2D eigenvalue weighted by Crippen LogP contribution is 2.08. The molecule has 0 aliphatic rings. The van der Waals surface area contributed by atoms with E-state index < -0.39 is 5.97 Å². The molecule has 0 spiro atoms. The van der Waals surface area contributed by atoms with E-state index in [4.69, 9.17) is 10.4 Å². The van der Waals surface area contributed by atoms with Gasteiger partial charge in [-0.2, -0.15) is 5.26 Å². The second kappa shape index (κ2) is 3.82. The van der Waals surface area contributed by atoms with Gasteiger partial charge in [0.25, 0.3) is 0 Å². The molecule has 0 radical (unpaired) electrons. The molecule has 0 atom stereocenters. The van der Waals surface area contributed by atoms with Crippen LogP contribution in [0.5, 0.6) is 0 Å². The Morgan fingerprint density at radius 2 is 2.25 bits per heavy atom. The molecule has 0 fully saturated rings. The normalized spacial score (nSPS) is 9.69. The minimum atomic E-state index is -1.13. The van der Waals surface area contributed by atoms with Gasteiger partial charge in [-0.1, -0.05) is 0 Å². The molecule has 1 N–H and O–H groups in total. The van der Waals surface area contributed by atoms with Crippen LogP contribution in [0.2, 0.25) is 0 Å². The molecule has 2 aromatic heterocycles. The number of hydrogen-bond donors (Lipinski definition) is 1. The first kappa shape index (κ1) is 9.86. The van der Waals surface area contributed by atoms with E-state index in [1.54, 1.807) is 18.3 Å². The lowest BCUT2D eigenvalue weighted by molar-refractivity contribution is 0.0690. The zero-order valence-electron chi connectivity index (χ0n) is 8.03. The van der Waals surface area contributed by atoms with Crippen LogP contribution < -0.4 is 0 Å². The van der Waals surface area contributed by atoms with Crippen molar-refractivity contribution < 1.29 is 9.90 Å². The van der Waals surface area contributed by atoms with Crippen LogP contribution in [0.25, 0.3) is 5.82 Å². The summed E-state index contributed by atoms with van der Waals surface area (Å²) in [6, 6.07) is 5.32. The summed E-state index contributed by atoms with van der Waals surface area (Å²) < 4.78 is 1.53. The number of carboxylic acids is 1. The molecule has 0 aromatic carbocycles. The highest BCUT2D eigenvalue weighted by molar-refractivity contribution is 5.84. The zero-order valence-corrected chi connectivity index (χ0v) is 8.03. The first-order valence-corrected chi connectivity index (χ1v) is 4.35. The SMILES string of the molecule is N#Cc1cccn1-c1cnc(C(=O)O)cn1. The third-order valence-electron chi connectivity index (χ3n) is 1.97. The minimum Gasteiger partial charge on any atom is -0.476 e. The Kier molecular flexibility index (Phi) is 2.36.